The number of benzene rings is 1. The van der Waals surface area contributed by atoms with Crippen molar-refractivity contribution in [3.63, 3.8) is 0 Å². The van der Waals surface area contributed by atoms with E-state index in [1.54, 1.807) is 4.90 Å². The van der Waals surface area contributed by atoms with Crippen LogP contribution >= 0.6 is 11.6 Å². The summed E-state index contributed by atoms with van der Waals surface area (Å²) in [6, 6.07) is 2.70. The van der Waals surface area contributed by atoms with E-state index in [1.165, 1.54) is 0 Å². The molecule has 1 aromatic rings. The first-order valence-electron chi connectivity index (χ1n) is 7.54. The largest absolute Gasteiger partial charge is 0.416 e. The number of hydrogen-bond donors (Lipinski definition) is 1. The molecule has 1 fully saturated rings. The van der Waals surface area contributed by atoms with Gasteiger partial charge < -0.3 is 10.2 Å². The van der Waals surface area contributed by atoms with Crippen LogP contribution in [-0.4, -0.2) is 35.8 Å². The van der Waals surface area contributed by atoms with Crippen LogP contribution in [-0.2, 0) is 11.0 Å². The number of amides is 2. The highest BCUT2D eigenvalue weighted by Gasteiger charge is 2.33. The summed E-state index contributed by atoms with van der Waals surface area (Å²) in [5, 5.41) is 2.52. The number of nitrogens with zero attached hydrogens (tertiary/aromatic N) is 1. The summed E-state index contributed by atoms with van der Waals surface area (Å²) in [7, 11) is 0. The van der Waals surface area contributed by atoms with E-state index in [1.807, 2.05) is 13.8 Å². The minimum atomic E-state index is -4.55. The number of carbonyl (C=O) groups is 2. The second-order valence-corrected chi connectivity index (χ2v) is 6.52. The van der Waals surface area contributed by atoms with Gasteiger partial charge in [-0.25, -0.2) is 0 Å². The van der Waals surface area contributed by atoms with E-state index in [-0.39, 0.29) is 35.0 Å². The molecule has 0 saturated carbocycles. The van der Waals surface area contributed by atoms with E-state index < -0.39 is 17.6 Å². The van der Waals surface area contributed by atoms with E-state index >= 15 is 0 Å². The van der Waals surface area contributed by atoms with Gasteiger partial charge in [0.25, 0.3) is 5.91 Å². The Kier molecular flexibility index (Phi) is 5.42. The van der Waals surface area contributed by atoms with Crippen LogP contribution in [0.2, 0.25) is 5.02 Å². The molecule has 2 amide bonds. The van der Waals surface area contributed by atoms with Crippen molar-refractivity contribution in [1.82, 2.24) is 10.2 Å². The normalized spacial score (nSPS) is 18.4. The first-order chi connectivity index (χ1) is 11.1. The molecule has 8 heteroatoms. The van der Waals surface area contributed by atoms with Crippen molar-refractivity contribution in [2.75, 3.05) is 13.1 Å². The number of rotatable bonds is 4. The van der Waals surface area contributed by atoms with Crippen LogP contribution in [0.15, 0.2) is 18.2 Å². The zero-order chi connectivity index (χ0) is 18.1. The van der Waals surface area contributed by atoms with Crippen LogP contribution < -0.4 is 5.32 Å². The zero-order valence-electron chi connectivity index (χ0n) is 13.3. The predicted molar refractivity (Wildman–Crippen MR) is 83.7 cm³/mol. The molecule has 1 unspecified atom stereocenters. The molecule has 1 N–H and O–H groups in total. The van der Waals surface area contributed by atoms with E-state index in [0.29, 0.717) is 13.0 Å². The maximum absolute atomic E-state index is 12.7. The average molecular weight is 363 g/mol. The standard InChI is InChI=1S/C16H18ClF3N2O2/c1-9(2)22-8-10(5-14(22)23)7-21-15(24)12-6-11(16(18,19)20)3-4-13(12)17/h3-4,6,9-10H,5,7-8H2,1-2H3,(H,21,24). The molecule has 2 rings (SSSR count). The molecule has 1 aliphatic rings. The SMILES string of the molecule is CC(C)N1CC(CNC(=O)c2cc(C(F)(F)F)ccc2Cl)CC1=O. The van der Waals surface area contributed by atoms with E-state index in [4.69, 9.17) is 11.6 Å². The smallest absolute Gasteiger partial charge is 0.352 e. The summed E-state index contributed by atoms with van der Waals surface area (Å²) in [4.78, 5) is 25.7. The summed E-state index contributed by atoms with van der Waals surface area (Å²) < 4.78 is 38.2. The van der Waals surface area contributed by atoms with Crippen LogP contribution in [0.5, 0.6) is 0 Å². The van der Waals surface area contributed by atoms with Gasteiger partial charge in [-0.15, -0.1) is 0 Å². The minimum Gasteiger partial charge on any atom is -0.352 e. The van der Waals surface area contributed by atoms with Gasteiger partial charge in [-0.2, -0.15) is 13.2 Å². The molecule has 4 nitrogen and oxygen atoms in total. The Labute approximate surface area is 143 Å². The summed E-state index contributed by atoms with van der Waals surface area (Å²) in [5.41, 5.74) is -1.16. The number of alkyl halides is 3. The first kappa shape index (κ1) is 18.6. The van der Waals surface area contributed by atoms with Gasteiger partial charge in [0.15, 0.2) is 0 Å². The number of carbonyl (C=O) groups excluding carboxylic acids is 2. The number of halogens is 4. The van der Waals surface area contributed by atoms with E-state index in [0.717, 1.165) is 18.2 Å². The Balaban J connectivity index is 2.02. The molecule has 132 valence electrons. The quantitative estimate of drug-likeness (QED) is 0.893. The van der Waals surface area contributed by atoms with E-state index in [2.05, 4.69) is 5.32 Å². The van der Waals surface area contributed by atoms with Gasteiger partial charge in [0.05, 0.1) is 16.1 Å². The molecule has 24 heavy (non-hydrogen) atoms. The third-order valence-corrected chi connectivity index (χ3v) is 4.28. The fourth-order valence-electron chi connectivity index (χ4n) is 2.65. The lowest BCUT2D eigenvalue weighted by Crippen LogP contribution is -2.34. The molecule has 0 radical (unpaired) electrons. The lowest BCUT2D eigenvalue weighted by atomic mass is 10.1. The highest BCUT2D eigenvalue weighted by atomic mass is 35.5. The van der Waals surface area contributed by atoms with Gasteiger partial charge in [0.1, 0.15) is 0 Å². The molecule has 1 saturated heterocycles. The Bertz CT molecular complexity index is 647. The molecule has 1 heterocycles. The number of nitrogens with one attached hydrogen (secondary N) is 1. The van der Waals surface area contributed by atoms with Crippen LogP contribution in [0.4, 0.5) is 13.2 Å². The lowest BCUT2D eigenvalue weighted by Gasteiger charge is -2.21. The minimum absolute atomic E-state index is 0.0151. The van der Waals surface area contributed by atoms with Gasteiger partial charge >= 0.3 is 6.18 Å². The third kappa shape index (κ3) is 4.20. The molecular formula is C16H18ClF3N2O2. The molecule has 0 aliphatic carbocycles. The third-order valence-electron chi connectivity index (χ3n) is 3.95. The zero-order valence-corrected chi connectivity index (χ0v) is 14.0. The van der Waals surface area contributed by atoms with Gasteiger partial charge in [0.2, 0.25) is 5.91 Å². The number of hydrogen-bond acceptors (Lipinski definition) is 2. The van der Waals surface area contributed by atoms with Crippen molar-refractivity contribution in [1.29, 1.82) is 0 Å². The van der Waals surface area contributed by atoms with Crippen molar-refractivity contribution in [3.8, 4) is 0 Å². The molecule has 0 bridgehead atoms. The second-order valence-electron chi connectivity index (χ2n) is 6.11. The van der Waals surface area contributed by atoms with Crippen LogP contribution in [0.3, 0.4) is 0 Å². The highest BCUT2D eigenvalue weighted by Crippen LogP contribution is 2.31. The molecule has 0 spiro atoms. The van der Waals surface area contributed by atoms with Crippen molar-refractivity contribution in [2.45, 2.75) is 32.5 Å². The topological polar surface area (TPSA) is 49.4 Å². The fourth-order valence-corrected chi connectivity index (χ4v) is 2.86. The Morgan fingerprint density at radius 2 is 2.08 bits per heavy atom. The van der Waals surface area contributed by atoms with Crippen LogP contribution in [0.1, 0.15) is 36.2 Å². The summed E-state index contributed by atoms with van der Waals surface area (Å²) >= 11 is 5.83. The van der Waals surface area contributed by atoms with Gasteiger partial charge in [-0.05, 0) is 32.0 Å². The number of likely N-dealkylation sites (tertiary alicyclic amines) is 1. The lowest BCUT2D eigenvalue weighted by molar-refractivity contribution is -0.137. The van der Waals surface area contributed by atoms with Crippen LogP contribution in [0.25, 0.3) is 0 Å². The van der Waals surface area contributed by atoms with E-state index in [9.17, 15) is 22.8 Å². The summed E-state index contributed by atoms with van der Waals surface area (Å²) in [6.07, 6.45) is -4.23. The highest BCUT2D eigenvalue weighted by molar-refractivity contribution is 6.33. The summed E-state index contributed by atoms with van der Waals surface area (Å²) in [6.45, 7) is 4.54. The van der Waals surface area contributed by atoms with Crippen LogP contribution in [0, 0.1) is 5.92 Å². The van der Waals surface area contributed by atoms with Crippen molar-refractivity contribution < 1.29 is 22.8 Å². The fraction of sp³-hybridized carbons (Fsp3) is 0.500. The maximum atomic E-state index is 12.7. The Hall–Kier alpha value is -1.76. The van der Waals surface area contributed by atoms with Gasteiger partial charge in [0, 0.05) is 31.5 Å². The van der Waals surface area contributed by atoms with Crippen molar-refractivity contribution >= 4 is 23.4 Å². The second kappa shape index (κ2) is 7.01. The molecule has 1 aromatic carbocycles. The molecule has 0 aromatic heterocycles. The monoisotopic (exact) mass is 362 g/mol. The summed E-state index contributed by atoms with van der Waals surface area (Å²) in [5.74, 6) is -0.726. The van der Waals surface area contributed by atoms with Crippen molar-refractivity contribution in [2.24, 2.45) is 5.92 Å². The Morgan fingerprint density at radius 3 is 2.62 bits per heavy atom. The predicted octanol–water partition coefficient (Wildman–Crippen LogP) is 3.35. The Morgan fingerprint density at radius 1 is 1.42 bits per heavy atom. The first-order valence-corrected chi connectivity index (χ1v) is 7.91. The molecular weight excluding hydrogens is 345 g/mol. The maximum Gasteiger partial charge on any atom is 0.416 e. The molecule has 1 atom stereocenters. The van der Waals surface area contributed by atoms with Crippen molar-refractivity contribution in [3.05, 3.63) is 34.3 Å². The molecule has 1 aliphatic heterocycles. The average Bonchev–Trinajstić information content (AvgIpc) is 2.85. The van der Waals surface area contributed by atoms with Gasteiger partial charge in [-0.3, -0.25) is 9.59 Å². The van der Waals surface area contributed by atoms with Gasteiger partial charge in [-0.1, -0.05) is 11.6 Å².